The molecule has 3 heteroatoms. The molecule has 0 amide bonds. The van der Waals surface area contributed by atoms with E-state index in [1.165, 1.54) is 18.5 Å². The molecule has 0 atom stereocenters. The first-order valence-corrected chi connectivity index (χ1v) is 8.00. The molecular formula is C17H33N3. The second-order valence-electron chi connectivity index (χ2n) is 7.37. The van der Waals surface area contributed by atoms with E-state index >= 15 is 0 Å². The Balaban J connectivity index is 2.79. The molecule has 3 nitrogen and oxygen atoms in total. The summed E-state index contributed by atoms with van der Waals surface area (Å²) in [5.41, 5.74) is 1.70. The van der Waals surface area contributed by atoms with Crippen molar-refractivity contribution < 1.29 is 0 Å². The standard InChI is InChI=1S/C17H33N3/c1-8-17(9-2,13-18-16(5,6)7)12-15-10-11-20(19-15)14(3)4/h10-11,14,18H,8-9,12-13H2,1-7H3. The van der Waals surface area contributed by atoms with E-state index in [1.807, 2.05) is 0 Å². The van der Waals surface area contributed by atoms with E-state index in [9.17, 15) is 0 Å². The van der Waals surface area contributed by atoms with Crippen molar-refractivity contribution in [1.29, 1.82) is 0 Å². The Morgan fingerprint density at radius 2 is 1.80 bits per heavy atom. The molecule has 0 saturated heterocycles. The molecule has 0 spiro atoms. The smallest absolute Gasteiger partial charge is 0.0630 e. The molecule has 1 rings (SSSR count). The van der Waals surface area contributed by atoms with Gasteiger partial charge in [0.1, 0.15) is 0 Å². The summed E-state index contributed by atoms with van der Waals surface area (Å²) in [6.45, 7) is 16.7. The predicted molar refractivity (Wildman–Crippen MR) is 87.1 cm³/mol. The lowest BCUT2D eigenvalue weighted by molar-refractivity contribution is 0.217. The Labute approximate surface area is 125 Å². The minimum atomic E-state index is 0.173. The molecule has 0 aromatic carbocycles. The number of hydrogen-bond acceptors (Lipinski definition) is 2. The molecular weight excluding hydrogens is 246 g/mol. The van der Waals surface area contributed by atoms with Gasteiger partial charge in [0.2, 0.25) is 0 Å². The SMILES string of the molecule is CCC(CC)(CNC(C)(C)C)Cc1ccn(C(C)C)n1. The predicted octanol–water partition coefficient (Wildman–Crippen LogP) is 4.20. The molecule has 116 valence electrons. The van der Waals surface area contributed by atoms with Gasteiger partial charge in [0, 0.05) is 24.3 Å². The molecule has 0 aliphatic carbocycles. The van der Waals surface area contributed by atoms with E-state index in [0.717, 1.165) is 13.0 Å². The fourth-order valence-corrected chi connectivity index (χ4v) is 2.41. The summed E-state index contributed by atoms with van der Waals surface area (Å²) in [6.07, 6.45) is 5.53. The zero-order chi connectivity index (χ0) is 15.4. The van der Waals surface area contributed by atoms with Crippen molar-refractivity contribution in [1.82, 2.24) is 15.1 Å². The fraction of sp³-hybridized carbons (Fsp3) is 0.824. The fourth-order valence-electron chi connectivity index (χ4n) is 2.41. The van der Waals surface area contributed by atoms with Crippen molar-refractivity contribution in [3.8, 4) is 0 Å². The Morgan fingerprint density at radius 3 is 2.20 bits per heavy atom. The summed E-state index contributed by atoms with van der Waals surface area (Å²) in [6, 6.07) is 2.62. The average molecular weight is 279 g/mol. The van der Waals surface area contributed by atoms with Crippen LogP contribution in [0.15, 0.2) is 12.3 Å². The van der Waals surface area contributed by atoms with Crippen LogP contribution in [0.25, 0.3) is 0 Å². The van der Waals surface area contributed by atoms with Crippen LogP contribution in [0.3, 0.4) is 0 Å². The van der Waals surface area contributed by atoms with Crippen LogP contribution in [0.1, 0.15) is 73.0 Å². The summed E-state index contributed by atoms with van der Waals surface area (Å²) in [7, 11) is 0. The van der Waals surface area contributed by atoms with Gasteiger partial charge in [-0.2, -0.15) is 5.10 Å². The molecule has 1 heterocycles. The van der Waals surface area contributed by atoms with Gasteiger partial charge in [0.15, 0.2) is 0 Å². The van der Waals surface area contributed by atoms with Gasteiger partial charge in [0.05, 0.1) is 5.69 Å². The quantitative estimate of drug-likeness (QED) is 0.810. The van der Waals surface area contributed by atoms with Crippen molar-refractivity contribution >= 4 is 0 Å². The minimum absolute atomic E-state index is 0.173. The maximum absolute atomic E-state index is 4.72. The van der Waals surface area contributed by atoms with Gasteiger partial charge in [-0.15, -0.1) is 0 Å². The maximum atomic E-state index is 4.72. The first-order chi connectivity index (χ1) is 9.21. The Bertz CT molecular complexity index is 395. The van der Waals surface area contributed by atoms with Crippen LogP contribution in [-0.4, -0.2) is 21.9 Å². The monoisotopic (exact) mass is 279 g/mol. The topological polar surface area (TPSA) is 29.9 Å². The highest BCUT2D eigenvalue weighted by Crippen LogP contribution is 2.30. The third kappa shape index (κ3) is 4.93. The molecule has 0 radical (unpaired) electrons. The third-order valence-corrected chi connectivity index (χ3v) is 4.24. The van der Waals surface area contributed by atoms with Gasteiger partial charge in [-0.05, 0) is 65.4 Å². The van der Waals surface area contributed by atoms with Crippen molar-refractivity contribution in [2.45, 2.75) is 79.3 Å². The lowest BCUT2D eigenvalue weighted by atomic mass is 9.77. The van der Waals surface area contributed by atoms with Crippen LogP contribution in [0.5, 0.6) is 0 Å². The summed E-state index contributed by atoms with van der Waals surface area (Å²) in [5.74, 6) is 0. The van der Waals surface area contributed by atoms with Gasteiger partial charge in [-0.3, -0.25) is 4.68 Å². The van der Waals surface area contributed by atoms with Gasteiger partial charge in [-0.25, -0.2) is 0 Å². The van der Waals surface area contributed by atoms with E-state index in [2.05, 4.69) is 70.7 Å². The number of rotatable bonds is 7. The van der Waals surface area contributed by atoms with Crippen molar-refractivity contribution in [2.24, 2.45) is 5.41 Å². The van der Waals surface area contributed by atoms with E-state index in [1.54, 1.807) is 0 Å². The molecule has 0 fully saturated rings. The zero-order valence-corrected chi connectivity index (χ0v) is 14.5. The van der Waals surface area contributed by atoms with E-state index in [4.69, 9.17) is 5.10 Å². The van der Waals surface area contributed by atoms with Crippen LogP contribution in [0, 0.1) is 5.41 Å². The van der Waals surface area contributed by atoms with E-state index in [-0.39, 0.29) is 5.54 Å². The highest BCUT2D eigenvalue weighted by molar-refractivity contribution is 5.04. The van der Waals surface area contributed by atoms with Crippen molar-refractivity contribution in [3.63, 3.8) is 0 Å². The molecule has 0 unspecified atom stereocenters. The number of hydrogen-bond donors (Lipinski definition) is 1. The number of nitrogens with one attached hydrogen (secondary N) is 1. The summed E-state index contributed by atoms with van der Waals surface area (Å²) < 4.78 is 2.06. The Kier molecular flexibility index (Phi) is 5.81. The molecule has 0 aliphatic rings. The van der Waals surface area contributed by atoms with Crippen LogP contribution in [-0.2, 0) is 6.42 Å². The number of nitrogens with zero attached hydrogens (tertiary/aromatic N) is 2. The lowest BCUT2D eigenvalue weighted by Crippen LogP contribution is -2.44. The van der Waals surface area contributed by atoms with Gasteiger partial charge in [0.25, 0.3) is 0 Å². The molecule has 20 heavy (non-hydrogen) atoms. The molecule has 1 aromatic rings. The first kappa shape index (κ1) is 17.2. The zero-order valence-electron chi connectivity index (χ0n) is 14.5. The first-order valence-electron chi connectivity index (χ1n) is 8.00. The number of aromatic nitrogens is 2. The van der Waals surface area contributed by atoms with Crippen LogP contribution >= 0.6 is 0 Å². The van der Waals surface area contributed by atoms with Crippen molar-refractivity contribution in [2.75, 3.05) is 6.54 Å². The maximum Gasteiger partial charge on any atom is 0.0630 e. The second kappa shape index (κ2) is 6.75. The largest absolute Gasteiger partial charge is 0.312 e. The van der Waals surface area contributed by atoms with Crippen LogP contribution in [0.4, 0.5) is 0 Å². The highest BCUT2D eigenvalue weighted by Gasteiger charge is 2.29. The van der Waals surface area contributed by atoms with E-state index < -0.39 is 0 Å². The average Bonchev–Trinajstić information content (AvgIpc) is 2.82. The van der Waals surface area contributed by atoms with Crippen molar-refractivity contribution in [3.05, 3.63) is 18.0 Å². The Morgan fingerprint density at radius 1 is 1.20 bits per heavy atom. The molecule has 0 aliphatic heterocycles. The molecule has 1 aromatic heterocycles. The third-order valence-electron chi connectivity index (χ3n) is 4.24. The molecule has 0 saturated carbocycles. The van der Waals surface area contributed by atoms with Crippen LogP contribution < -0.4 is 5.32 Å². The van der Waals surface area contributed by atoms with Gasteiger partial charge in [-0.1, -0.05) is 13.8 Å². The highest BCUT2D eigenvalue weighted by atomic mass is 15.3. The summed E-state index contributed by atoms with van der Waals surface area (Å²) >= 11 is 0. The summed E-state index contributed by atoms with van der Waals surface area (Å²) in [4.78, 5) is 0. The molecule has 1 N–H and O–H groups in total. The van der Waals surface area contributed by atoms with Gasteiger partial charge < -0.3 is 5.32 Å². The lowest BCUT2D eigenvalue weighted by Gasteiger charge is -2.35. The van der Waals surface area contributed by atoms with Gasteiger partial charge >= 0.3 is 0 Å². The molecule has 0 bridgehead atoms. The van der Waals surface area contributed by atoms with Crippen LogP contribution in [0.2, 0.25) is 0 Å². The normalized spacial score (nSPS) is 13.2. The minimum Gasteiger partial charge on any atom is -0.312 e. The summed E-state index contributed by atoms with van der Waals surface area (Å²) in [5, 5.41) is 8.40. The van der Waals surface area contributed by atoms with E-state index in [0.29, 0.717) is 11.5 Å². The second-order valence-corrected chi connectivity index (χ2v) is 7.37. The Hall–Kier alpha value is -0.830.